The quantitative estimate of drug-likeness (QED) is 0.00424. The van der Waals surface area contributed by atoms with Crippen LogP contribution in [0.15, 0.2) is 35.3 Å². The first-order valence-corrected chi connectivity index (χ1v) is 37.1. The van der Waals surface area contributed by atoms with Crippen molar-refractivity contribution >= 4 is 135 Å². The van der Waals surface area contributed by atoms with Crippen molar-refractivity contribution in [3.8, 4) is 0 Å². The van der Waals surface area contributed by atoms with Crippen LogP contribution in [0.1, 0.15) is 150 Å². The average Bonchev–Trinajstić information content (AvgIpc) is 1.59. The number of aldehydes is 1. The Morgan fingerprint density at radius 2 is 1.17 bits per heavy atom. The number of rotatable bonds is 60. The van der Waals surface area contributed by atoms with Crippen LogP contribution in [0.3, 0.4) is 0 Å². The van der Waals surface area contributed by atoms with E-state index in [1.807, 2.05) is 22.6 Å². The average molecular weight is 1650 g/mol. The second kappa shape index (κ2) is 48.8. The molecule has 0 aromatic heterocycles. The molecule has 41 heteroatoms. The zero-order valence-electron chi connectivity index (χ0n) is 62.0. The molecule has 0 saturated heterocycles. The Bertz CT molecular complexity index is 3380. The van der Waals surface area contributed by atoms with Gasteiger partial charge in [-0.1, -0.05) is 107 Å². The van der Waals surface area contributed by atoms with Crippen molar-refractivity contribution in [2.45, 2.75) is 211 Å². The number of hydrazine groups is 3. The molecule has 10 amide bonds. The Morgan fingerprint density at radius 1 is 0.596 bits per heavy atom. The van der Waals surface area contributed by atoms with E-state index in [0.29, 0.717) is 29.8 Å². The van der Waals surface area contributed by atoms with E-state index < -0.39 is 261 Å². The summed E-state index contributed by atoms with van der Waals surface area (Å²) in [5, 5.41) is 46.4. The second-order valence-electron chi connectivity index (χ2n) is 27.2. The lowest BCUT2D eigenvalue weighted by Crippen LogP contribution is -2.64. The topological polar surface area (TPSA) is 672 Å². The highest BCUT2D eigenvalue weighted by atomic mass is 127. The maximum atomic E-state index is 15.9. The minimum Gasteiger partial charge on any atom is -0.481 e. The van der Waals surface area contributed by atoms with Gasteiger partial charge in [-0.25, -0.2) is 27.1 Å². The van der Waals surface area contributed by atoms with Crippen molar-refractivity contribution in [3.63, 3.8) is 0 Å². The van der Waals surface area contributed by atoms with Crippen LogP contribution in [0.5, 0.6) is 0 Å². The summed E-state index contributed by atoms with van der Waals surface area (Å²) in [5.74, 6) is -23.8. The molecule has 2 unspecified atom stereocenters. The number of carboxylic acids is 3. The highest BCUT2D eigenvalue weighted by Crippen LogP contribution is 2.51. The maximum absolute atomic E-state index is 15.9. The van der Waals surface area contributed by atoms with Crippen LogP contribution in [0.4, 0.5) is 0 Å². The summed E-state index contributed by atoms with van der Waals surface area (Å²) in [6, 6.07) is -8.47. The number of carbonyl (C=O) groups is 18. The number of carbonyl (C=O) groups excluding carboxylic acids is 15. The molecule has 0 aliphatic heterocycles. The first-order valence-electron chi connectivity index (χ1n) is 35.6. The highest BCUT2D eigenvalue weighted by molar-refractivity contribution is 14.1. The number of ketones is 4. The van der Waals surface area contributed by atoms with E-state index in [1.165, 1.54) is 27.7 Å². The molecule has 0 radical (unpaired) electrons. The molecule has 0 bridgehead atoms. The third-order valence-corrected chi connectivity index (χ3v) is 18.6. The molecular formula is C68H108IN19O21. The molecule has 0 heterocycles. The molecule has 109 heavy (non-hydrogen) atoms. The van der Waals surface area contributed by atoms with E-state index in [4.69, 9.17) is 34.4 Å². The largest absolute Gasteiger partial charge is 0.481 e. The highest BCUT2D eigenvalue weighted by Gasteiger charge is 2.60. The third kappa shape index (κ3) is 33.9. The van der Waals surface area contributed by atoms with Gasteiger partial charge in [0.15, 0.2) is 35.0 Å². The SMILES string of the molecule is CC[C@@H](C)[C@H](NNCC(N)=O)C(=O)N[C@H](C(=O)N[C@@H](CCC(=O)O)C(=O)C1(C(NCC(=O)N(N[C@@H](CCCN=C(N)N)C(=O)C(C(=O)O)C(=O)CCCCCNC(=O)CI)[C@H](C=O)CCC(=O)O)C(=O)[C@H](CCC(N)=O)NN[C@@H](CC(N)=O)C(=O)N[C@H](C(=O)N[C@H](Cc2ccccc2)C(N)=O)C(C)C)CC1)C(C)C. The fourth-order valence-electron chi connectivity index (χ4n) is 11.5. The monoisotopic (exact) mass is 1650 g/mol. The third-order valence-electron chi connectivity index (χ3n) is 17.9. The predicted molar refractivity (Wildman–Crippen MR) is 399 cm³/mol. The van der Waals surface area contributed by atoms with Crippen LogP contribution in [0.25, 0.3) is 0 Å². The van der Waals surface area contributed by atoms with E-state index >= 15 is 14.4 Å². The van der Waals surface area contributed by atoms with Gasteiger partial charge in [-0.15, -0.1) is 0 Å². The van der Waals surface area contributed by atoms with Gasteiger partial charge in [-0.2, -0.15) is 0 Å². The first kappa shape index (κ1) is 95.5. The number of nitrogens with two attached hydrogens (primary N) is 6. The van der Waals surface area contributed by atoms with Crippen LogP contribution < -0.4 is 93.4 Å². The van der Waals surface area contributed by atoms with Gasteiger partial charge in [0.2, 0.25) is 53.2 Å². The van der Waals surface area contributed by atoms with Crippen LogP contribution in [0, 0.1) is 29.1 Å². The number of alkyl halides is 1. The molecule has 0 spiro atoms. The molecule has 1 aromatic carbocycles. The number of Topliss-reactive ketones (excluding diaryl/α,β-unsaturated/α-hetero) is 4. The van der Waals surface area contributed by atoms with Crippen LogP contribution in [-0.2, 0) is 92.7 Å². The number of aliphatic imine (C=N–C) groups is 1. The standard InChI is InChI=1S/C68H108IN19O21/c1-7-37(6)56(86-79-32-48(72)93)65(107)83-55(36(4)5)63(105)80-42(21-24-52(98)99)60(102)68(25-26-68)59(58(101)40(20-22-46(70)91)84-85-44(30-47(71)92)62(104)82-54(35(2)3)64(106)81-43(61(73)103)29-38-15-10-8-11-16-38)78-33-50(95)88(39(34-89)19-23-51(96)97)87-41(17-14-28-77-67(74)75)57(100)53(66(108)109)45(90)18-12-9-13-27-76-49(94)31-69/h8,10-11,15-16,34-37,39-44,53-56,59,78-79,84-87H,7,9,12-14,17-33H2,1-6H3,(H2,70,91)(H2,71,92)(H2,72,93)(H2,73,103)(H,76,94)(H,80,105)(H,81,106)(H,82,104)(H,83,107)(H,96,97)(H,98,99)(H,108,109)(H4,74,75,77)/t37-,39+,40+,41+,42+,43-,44+,53?,54+,55+,56+,59?/m1/s1. The summed E-state index contributed by atoms with van der Waals surface area (Å²) >= 11 is 1.86. The Balaban J connectivity index is 3.04. The van der Waals surface area contributed by atoms with Crippen molar-refractivity contribution in [2.75, 3.05) is 30.6 Å². The van der Waals surface area contributed by atoms with E-state index in [2.05, 4.69) is 64.0 Å². The van der Waals surface area contributed by atoms with Crippen LogP contribution in [0.2, 0.25) is 0 Å². The van der Waals surface area contributed by atoms with Gasteiger partial charge < -0.3 is 81.1 Å². The summed E-state index contributed by atoms with van der Waals surface area (Å²) in [6.07, 6.45) is -6.04. The van der Waals surface area contributed by atoms with Crippen LogP contribution in [-0.4, -0.2) is 224 Å². The van der Waals surface area contributed by atoms with Gasteiger partial charge in [0.1, 0.15) is 42.5 Å². The molecule has 1 saturated carbocycles. The van der Waals surface area contributed by atoms with Gasteiger partial charge in [0.25, 0.3) is 5.91 Å². The Morgan fingerprint density at radius 3 is 1.68 bits per heavy atom. The van der Waals surface area contributed by atoms with Gasteiger partial charge in [-0.05, 0) is 81.1 Å². The predicted octanol–water partition coefficient (Wildman–Crippen LogP) is -5.19. The minimum absolute atomic E-state index is 0.0512. The Kier molecular flexibility index (Phi) is 42.7. The minimum atomic E-state index is -2.43. The first-order chi connectivity index (χ1) is 51.3. The molecule has 2 rings (SSSR count). The van der Waals surface area contributed by atoms with Crippen molar-refractivity contribution in [2.24, 2.45) is 68.5 Å². The second-order valence-corrected chi connectivity index (χ2v) is 28.0. The summed E-state index contributed by atoms with van der Waals surface area (Å²) in [6.45, 7) is 7.88. The molecule has 1 aromatic rings. The van der Waals surface area contributed by atoms with Crippen molar-refractivity contribution in [1.29, 1.82) is 0 Å². The number of unbranched alkanes of at least 4 members (excludes halogenated alkanes) is 2. The number of nitrogens with zero attached hydrogens (tertiary/aromatic N) is 2. The normalized spacial score (nSPS) is 15.5. The number of aliphatic carboxylic acids is 3. The lowest BCUT2D eigenvalue weighted by Gasteiger charge is -2.35. The number of carboxylic acid groups (broad SMARTS) is 3. The van der Waals surface area contributed by atoms with E-state index in [1.54, 1.807) is 44.2 Å². The maximum Gasteiger partial charge on any atom is 0.321 e. The molecule has 12 atom stereocenters. The number of hydrogen-bond acceptors (Lipinski definition) is 25. The number of amides is 10. The number of hydrogen-bond donors (Lipinski definition) is 20. The Labute approximate surface area is 643 Å². The van der Waals surface area contributed by atoms with Crippen molar-refractivity contribution in [1.82, 2.24) is 64.0 Å². The zero-order chi connectivity index (χ0) is 82.4. The fraction of sp³-hybridized carbons (Fsp3) is 0.632. The summed E-state index contributed by atoms with van der Waals surface area (Å²) < 4.78 is 0.176. The zero-order valence-corrected chi connectivity index (χ0v) is 64.2. The molecular weight excluding hydrogens is 1550 g/mol. The van der Waals surface area contributed by atoms with Gasteiger partial charge in [0, 0.05) is 45.2 Å². The number of nitrogens with one attached hydrogen (secondary N) is 11. The molecule has 26 N–H and O–H groups in total. The molecule has 40 nitrogen and oxygen atoms in total. The lowest BCUT2D eigenvalue weighted by atomic mass is 9.81. The summed E-state index contributed by atoms with van der Waals surface area (Å²) in [5.41, 5.74) is 44.7. The van der Waals surface area contributed by atoms with Crippen LogP contribution >= 0.6 is 22.6 Å². The summed E-state index contributed by atoms with van der Waals surface area (Å²) in [4.78, 5) is 249. The number of benzene rings is 1. The van der Waals surface area contributed by atoms with Gasteiger partial charge >= 0.3 is 17.9 Å². The van der Waals surface area contributed by atoms with Crippen molar-refractivity contribution < 1.29 is 102 Å². The Hall–Kier alpha value is -9.56. The molecule has 1 fully saturated rings. The molecule has 1 aliphatic rings. The smallest absolute Gasteiger partial charge is 0.321 e. The molecule has 1 aliphatic carbocycles. The van der Waals surface area contributed by atoms with Gasteiger partial charge in [-0.3, -0.25) is 96.8 Å². The number of halogens is 1. The van der Waals surface area contributed by atoms with E-state index in [0.717, 1.165) is 0 Å². The van der Waals surface area contributed by atoms with E-state index in [9.17, 15) is 87.2 Å². The fourth-order valence-corrected chi connectivity index (χ4v) is 11.8. The molecule has 608 valence electrons. The summed E-state index contributed by atoms with van der Waals surface area (Å²) in [7, 11) is 0. The van der Waals surface area contributed by atoms with Gasteiger partial charge in [0.05, 0.1) is 53.5 Å². The van der Waals surface area contributed by atoms with Crippen molar-refractivity contribution in [3.05, 3.63) is 35.9 Å². The lowest BCUT2D eigenvalue weighted by molar-refractivity contribution is -0.153. The van der Waals surface area contributed by atoms with E-state index in [-0.39, 0.29) is 61.8 Å². The number of primary amides is 4. The number of guanidine groups is 1.